The number of aryl methyl sites for hydroxylation is 1. The Morgan fingerprint density at radius 2 is 2.25 bits per heavy atom. The number of nitrogens with zero attached hydrogens (tertiary/aromatic N) is 4. The summed E-state index contributed by atoms with van der Waals surface area (Å²) in [5.74, 6) is -0.0519. The standard InChI is InChI=1S/C4H9N5O2S/c1-5-12(10,11)3-4-6-8-9(2)7-4/h5H,3H2,1-2H3. The largest absolute Gasteiger partial charge is 0.218 e. The summed E-state index contributed by atoms with van der Waals surface area (Å²) < 4.78 is 24.1. The van der Waals surface area contributed by atoms with Gasteiger partial charge in [0.05, 0.1) is 7.05 Å². The van der Waals surface area contributed by atoms with Crippen molar-refractivity contribution in [2.24, 2.45) is 7.05 Å². The highest BCUT2D eigenvalue weighted by atomic mass is 32.2. The second-order valence-electron chi connectivity index (χ2n) is 2.16. The van der Waals surface area contributed by atoms with Gasteiger partial charge < -0.3 is 0 Å². The van der Waals surface area contributed by atoms with Gasteiger partial charge in [-0.2, -0.15) is 4.80 Å². The van der Waals surface area contributed by atoms with Gasteiger partial charge in [0.25, 0.3) is 0 Å². The highest BCUT2D eigenvalue weighted by molar-refractivity contribution is 7.88. The minimum Gasteiger partial charge on any atom is -0.218 e. The van der Waals surface area contributed by atoms with E-state index in [-0.39, 0.29) is 11.6 Å². The molecule has 0 amide bonds. The number of hydrogen-bond acceptors (Lipinski definition) is 5. The predicted octanol–water partition coefficient (Wildman–Crippen LogP) is -1.74. The number of hydrogen-bond donors (Lipinski definition) is 1. The van der Waals surface area contributed by atoms with Crippen LogP contribution in [0.15, 0.2) is 0 Å². The SMILES string of the molecule is CNS(=O)(=O)Cc1nnn(C)n1. The molecule has 0 bridgehead atoms. The number of rotatable bonds is 3. The summed E-state index contributed by atoms with van der Waals surface area (Å²) in [4.78, 5) is 1.21. The van der Waals surface area contributed by atoms with Crippen molar-refractivity contribution < 1.29 is 8.42 Å². The van der Waals surface area contributed by atoms with Crippen molar-refractivity contribution in [1.82, 2.24) is 24.9 Å². The van der Waals surface area contributed by atoms with Crippen LogP contribution in [0.1, 0.15) is 5.82 Å². The minimum atomic E-state index is -3.29. The quantitative estimate of drug-likeness (QED) is 0.612. The lowest BCUT2D eigenvalue weighted by Crippen LogP contribution is -2.21. The van der Waals surface area contributed by atoms with Crippen molar-refractivity contribution in [3.05, 3.63) is 5.82 Å². The van der Waals surface area contributed by atoms with E-state index in [1.165, 1.54) is 11.8 Å². The van der Waals surface area contributed by atoms with E-state index in [0.717, 1.165) is 0 Å². The number of sulfonamides is 1. The molecular weight excluding hydrogens is 182 g/mol. The molecule has 0 atom stereocenters. The second-order valence-corrected chi connectivity index (χ2v) is 4.08. The van der Waals surface area contributed by atoms with E-state index in [0.29, 0.717) is 0 Å². The average Bonchev–Trinajstić information content (AvgIpc) is 2.35. The summed E-state index contributed by atoms with van der Waals surface area (Å²) in [6, 6.07) is 0. The van der Waals surface area contributed by atoms with Crippen LogP contribution in [0, 0.1) is 0 Å². The Kier molecular flexibility index (Phi) is 2.38. The monoisotopic (exact) mass is 191 g/mol. The fourth-order valence-electron chi connectivity index (χ4n) is 0.623. The fourth-order valence-corrected chi connectivity index (χ4v) is 1.22. The lowest BCUT2D eigenvalue weighted by molar-refractivity contribution is 0.585. The molecule has 0 fully saturated rings. The Balaban J connectivity index is 2.77. The topological polar surface area (TPSA) is 89.8 Å². The summed E-state index contributed by atoms with van der Waals surface area (Å²) in [5, 5.41) is 10.7. The lowest BCUT2D eigenvalue weighted by atomic mass is 10.8. The van der Waals surface area contributed by atoms with Gasteiger partial charge in [-0.3, -0.25) is 0 Å². The third kappa shape index (κ3) is 2.24. The number of nitrogens with one attached hydrogen (secondary N) is 1. The zero-order valence-electron chi connectivity index (χ0n) is 6.72. The van der Waals surface area contributed by atoms with Crippen LogP contribution in [0.2, 0.25) is 0 Å². The minimum absolute atomic E-state index is 0.187. The van der Waals surface area contributed by atoms with Gasteiger partial charge in [0, 0.05) is 0 Å². The molecule has 1 heterocycles. The first-order chi connectivity index (χ1) is 5.53. The van der Waals surface area contributed by atoms with Crippen molar-refractivity contribution >= 4 is 10.0 Å². The van der Waals surface area contributed by atoms with Gasteiger partial charge in [0.15, 0.2) is 5.82 Å². The predicted molar refractivity (Wildman–Crippen MR) is 40.5 cm³/mol. The Morgan fingerprint density at radius 1 is 1.58 bits per heavy atom. The van der Waals surface area contributed by atoms with Crippen molar-refractivity contribution in [2.45, 2.75) is 5.75 Å². The van der Waals surface area contributed by atoms with Gasteiger partial charge in [0.1, 0.15) is 5.75 Å². The molecule has 0 radical (unpaired) electrons. The maximum absolute atomic E-state index is 10.9. The number of tetrazole rings is 1. The molecule has 0 aliphatic carbocycles. The van der Waals surface area contributed by atoms with E-state index in [2.05, 4.69) is 20.1 Å². The van der Waals surface area contributed by atoms with Crippen LogP contribution >= 0.6 is 0 Å². The Labute approximate surface area is 69.8 Å². The van der Waals surface area contributed by atoms with Crippen molar-refractivity contribution in [3.8, 4) is 0 Å². The molecule has 1 aromatic heterocycles. The van der Waals surface area contributed by atoms with E-state index in [9.17, 15) is 8.42 Å². The summed E-state index contributed by atoms with van der Waals surface area (Å²) in [6.45, 7) is 0. The van der Waals surface area contributed by atoms with Gasteiger partial charge >= 0.3 is 0 Å². The summed E-state index contributed by atoms with van der Waals surface area (Å²) in [5.41, 5.74) is 0. The zero-order chi connectivity index (χ0) is 9.19. The first-order valence-corrected chi connectivity index (χ1v) is 4.83. The van der Waals surface area contributed by atoms with E-state index in [1.54, 1.807) is 7.05 Å². The van der Waals surface area contributed by atoms with Crippen LogP contribution in [-0.2, 0) is 22.8 Å². The molecule has 1 rings (SSSR count). The molecule has 0 unspecified atom stereocenters. The molecule has 1 aromatic rings. The normalized spacial score (nSPS) is 11.8. The third-order valence-electron chi connectivity index (χ3n) is 1.18. The first kappa shape index (κ1) is 9.07. The van der Waals surface area contributed by atoms with Gasteiger partial charge in [-0.25, -0.2) is 13.1 Å². The van der Waals surface area contributed by atoms with E-state index in [1.807, 2.05) is 0 Å². The fraction of sp³-hybridized carbons (Fsp3) is 0.750. The van der Waals surface area contributed by atoms with E-state index >= 15 is 0 Å². The number of aromatic nitrogens is 4. The van der Waals surface area contributed by atoms with E-state index in [4.69, 9.17) is 0 Å². The third-order valence-corrected chi connectivity index (χ3v) is 2.44. The van der Waals surface area contributed by atoms with Crippen LogP contribution in [0.3, 0.4) is 0 Å². The molecule has 0 saturated heterocycles. The molecule has 68 valence electrons. The van der Waals surface area contributed by atoms with Crippen LogP contribution in [0.25, 0.3) is 0 Å². The Morgan fingerprint density at radius 3 is 2.67 bits per heavy atom. The molecular formula is C4H9N5O2S. The molecule has 0 saturated carbocycles. The summed E-state index contributed by atoms with van der Waals surface area (Å²) in [6.07, 6.45) is 0. The summed E-state index contributed by atoms with van der Waals surface area (Å²) in [7, 11) is -0.377. The smallest absolute Gasteiger partial charge is 0.218 e. The second kappa shape index (κ2) is 3.15. The highest BCUT2D eigenvalue weighted by Crippen LogP contribution is 1.93. The molecule has 7 nitrogen and oxygen atoms in total. The van der Waals surface area contributed by atoms with Crippen LogP contribution in [0.4, 0.5) is 0 Å². The van der Waals surface area contributed by atoms with Gasteiger partial charge in [0.2, 0.25) is 10.0 Å². The molecule has 0 aromatic carbocycles. The van der Waals surface area contributed by atoms with Gasteiger partial charge in [-0.05, 0) is 12.3 Å². The molecule has 8 heteroatoms. The Bertz CT molecular complexity index is 355. The van der Waals surface area contributed by atoms with E-state index < -0.39 is 10.0 Å². The lowest BCUT2D eigenvalue weighted by Gasteiger charge is -1.95. The maximum atomic E-state index is 10.9. The van der Waals surface area contributed by atoms with Crippen molar-refractivity contribution in [3.63, 3.8) is 0 Å². The average molecular weight is 191 g/mol. The van der Waals surface area contributed by atoms with Crippen LogP contribution < -0.4 is 4.72 Å². The first-order valence-electron chi connectivity index (χ1n) is 3.17. The summed E-state index contributed by atoms with van der Waals surface area (Å²) >= 11 is 0. The zero-order valence-corrected chi connectivity index (χ0v) is 7.54. The van der Waals surface area contributed by atoms with Crippen LogP contribution in [-0.4, -0.2) is 35.7 Å². The molecule has 0 aliphatic rings. The van der Waals surface area contributed by atoms with Gasteiger partial charge in [-0.1, -0.05) is 0 Å². The van der Waals surface area contributed by atoms with Crippen LogP contribution in [0.5, 0.6) is 0 Å². The van der Waals surface area contributed by atoms with Crippen molar-refractivity contribution in [1.29, 1.82) is 0 Å². The molecule has 0 spiro atoms. The van der Waals surface area contributed by atoms with Crippen molar-refractivity contribution in [2.75, 3.05) is 7.05 Å². The maximum Gasteiger partial charge on any atom is 0.218 e. The molecule has 1 N–H and O–H groups in total. The Hall–Kier alpha value is -1.02. The highest BCUT2D eigenvalue weighted by Gasteiger charge is 2.12. The van der Waals surface area contributed by atoms with Gasteiger partial charge in [-0.15, -0.1) is 10.2 Å². The molecule has 0 aliphatic heterocycles. The molecule has 12 heavy (non-hydrogen) atoms.